The van der Waals surface area contributed by atoms with Crippen LogP contribution in [0, 0.1) is 5.92 Å². The van der Waals surface area contributed by atoms with Crippen molar-refractivity contribution in [2.45, 2.75) is 38.6 Å². The monoisotopic (exact) mass is 235 g/mol. The van der Waals surface area contributed by atoms with Crippen molar-refractivity contribution in [3.63, 3.8) is 0 Å². The molecule has 0 aliphatic heterocycles. The first-order valence-corrected chi connectivity index (χ1v) is 6.43. The van der Waals surface area contributed by atoms with Crippen LogP contribution in [0.1, 0.15) is 43.2 Å². The molecular formula is C14H21NO2. The molecule has 2 rings (SSSR count). The van der Waals surface area contributed by atoms with Gasteiger partial charge in [-0.05, 0) is 50.8 Å². The van der Waals surface area contributed by atoms with Gasteiger partial charge in [0.15, 0.2) is 5.76 Å². The topological polar surface area (TPSA) is 33.5 Å². The van der Waals surface area contributed by atoms with Crippen LogP contribution in [-0.2, 0) is 0 Å². The van der Waals surface area contributed by atoms with Crippen molar-refractivity contribution in [1.82, 2.24) is 4.90 Å². The van der Waals surface area contributed by atoms with Crippen molar-refractivity contribution < 1.29 is 9.21 Å². The molecular weight excluding hydrogens is 214 g/mol. The quantitative estimate of drug-likeness (QED) is 0.752. The Morgan fingerprint density at radius 2 is 2.12 bits per heavy atom. The lowest BCUT2D eigenvalue weighted by Gasteiger charge is -2.32. The standard InChI is InChI=1S/C14H21NO2/c1-11-5-7-12(8-6-11)15(2)10-13(16)14-4-3-9-17-14/h3-4,9,11-12H,5-8,10H2,1-2H3. The molecule has 1 aromatic rings. The minimum absolute atomic E-state index is 0.0797. The Morgan fingerprint density at radius 1 is 1.41 bits per heavy atom. The smallest absolute Gasteiger partial charge is 0.211 e. The number of Topliss-reactive ketones (excluding diaryl/α,β-unsaturated/α-hetero) is 1. The second-order valence-electron chi connectivity index (χ2n) is 5.23. The van der Waals surface area contributed by atoms with Crippen LogP contribution in [0.15, 0.2) is 22.8 Å². The molecule has 1 aliphatic carbocycles. The van der Waals surface area contributed by atoms with Crippen LogP contribution in [0.3, 0.4) is 0 Å². The third-order valence-corrected chi connectivity index (χ3v) is 3.80. The van der Waals surface area contributed by atoms with Crippen LogP contribution in [0.5, 0.6) is 0 Å². The molecule has 0 unspecified atom stereocenters. The highest BCUT2D eigenvalue weighted by Crippen LogP contribution is 2.26. The molecule has 0 N–H and O–H groups in total. The highest BCUT2D eigenvalue weighted by molar-refractivity contribution is 5.94. The summed E-state index contributed by atoms with van der Waals surface area (Å²) in [5.41, 5.74) is 0. The molecule has 0 radical (unpaired) electrons. The van der Waals surface area contributed by atoms with Crippen molar-refractivity contribution in [3.05, 3.63) is 24.2 Å². The number of hydrogen-bond acceptors (Lipinski definition) is 3. The molecule has 3 heteroatoms. The summed E-state index contributed by atoms with van der Waals surface area (Å²) in [5.74, 6) is 1.40. The van der Waals surface area contributed by atoms with Gasteiger partial charge in [-0.25, -0.2) is 0 Å². The first kappa shape index (κ1) is 12.4. The van der Waals surface area contributed by atoms with E-state index < -0.39 is 0 Å². The molecule has 1 heterocycles. The normalized spacial score (nSPS) is 25.1. The van der Waals surface area contributed by atoms with E-state index in [1.807, 2.05) is 7.05 Å². The van der Waals surface area contributed by atoms with Crippen molar-refractivity contribution >= 4 is 5.78 Å². The molecule has 0 saturated heterocycles. The lowest BCUT2D eigenvalue weighted by atomic mass is 9.87. The number of hydrogen-bond donors (Lipinski definition) is 0. The maximum atomic E-state index is 11.9. The highest BCUT2D eigenvalue weighted by atomic mass is 16.3. The van der Waals surface area contributed by atoms with Crippen LogP contribution in [0.4, 0.5) is 0 Å². The zero-order chi connectivity index (χ0) is 12.3. The van der Waals surface area contributed by atoms with E-state index in [0.29, 0.717) is 18.3 Å². The lowest BCUT2D eigenvalue weighted by Crippen LogP contribution is -2.38. The number of ketones is 1. The van der Waals surface area contributed by atoms with E-state index in [-0.39, 0.29) is 5.78 Å². The summed E-state index contributed by atoms with van der Waals surface area (Å²) in [6.45, 7) is 2.77. The van der Waals surface area contributed by atoms with Gasteiger partial charge in [-0.2, -0.15) is 0 Å². The van der Waals surface area contributed by atoms with Crippen LogP contribution < -0.4 is 0 Å². The maximum Gasteiger partial charge on any atom is 0.211 e. The van der Waals surface area contributed by atoms with Crippen molar-refractivity contribution in [2.75, 3.05) is 13.6 Å². The summed E-state index contributed by atoms with van der Waals surface area (Å²) >= 11 is 0. The average molecular weight is 235 g/mol. The molecule has 1 saturated carbocycles. The summed E-state index contributed by atoms with van der Waals surface area (Å²) in [6.07, 6.45) is 6.54. The van der Waals surface area contributed by atoms with E-state index in [9.17, 15) is 4.79 Å². The van der Waals surface area contributed by atoms with Crippen LogP contribution in [0.25, 0.3) is 0 Å². The molecule has 94 valence electrons. The van der Waals surface area contributed by atoms with E-state index in [1.54, 1.807) is 18.4 Å². The van der Waals surface area contributed by atoms with Gasteiger partial charge in [-0.15, -0.1) is 0 Å². The summed E-state index contributed by atoms with van der Waals surface area (Å²) in [7, 11) is 2.04. The first-order valence-electron chi connectivity index (χ1n) is 6.43. The molecule has 1 fully saturated rings. The van der Waals surface area contributed by atoms with Gasteiger partial charge in [0.05, 0.1) is 12.8 Å². The summed E-state index contributed by atoms with van der Waals surface area (Å²) < 4.78 is 5.12. The number of likely N-dealkylation sites (N-methyl/N-ethyl adjacent to an activating group) is 1. The molecule has 17 heavy (non-hydrogen) atoms. The van der Waals surface area contributed by atoms with Gasteiger partial charge >= 0.3 is 0 Å². The number of nitrogens with zero attached hydrogens (tertiary/aromatic N) is 1. The molecule has 1 aromatic heterocycles. The van der Waals surface area contributed by atoms with Crippen molar-refractivity contribution in [2.24, 2.45) is 5.92 Å². The molecule has 1 aliphatic rings. The Labute approximate surface area is 103 Å². The summed E-state index contributed by atoms with van der Waals surface area (Å²) in [5, 5.41) is 0. The number of carbonyl (C=O) groups excluding carboxylic acids is 1. The van der Waals surface area contributed by atoms with E-state index in [0.717, 1.165) is 5.92 Å². The van der Waals surface area contributed by atoms with E-state index in [4.69, 9.17) is 4.42 Å². The van der Waals surface area contributed by atoms with Crippen LogP contribution in [-0.4, -0.2) is 30.3 Å². The predicted octanol–water partition coefficient (Wildman–Crippen LogP) is 2.97. The van der Waals surface area contributed by atoms with E-state index in [1.165, 1.54) is 25.7 Å². The predicted molar refractivity (Wildman–Crippen MR) is 67.1 cm³/mol. The van der Waals surface area contributed by atoms with Crippen LogP contribution >= 0.6 is 0 Å². The fourth-order valence-electron chi connectivity index (χ4n) is 2.55. The third-order valence-electron chi connectivity index (χ3n) is 3.80. The summed E-state index contributed by atoms with van der Waals surface area (Å²) in [6, 6.07) is 4.05. The average Bonchev–Trinajstić information content (AvgIpc) is 2.83. The zero-order valence-electron chi connectivity index (χ0n) is 10.7. The minimum Gasteiger partial charge on any atom is -0.461 e. The molecule has 0 aromatic carbocycles. The van der Waals surface area contributed by atoms with E-state index >= 15 is 0 Å². The van der Waals surface area contributed by atoms with E-state index in [2.05, 4.69) is 11.8 Å². The van der Waals surface area contributed by atoms with Gasteiger partial charge in [0.25, 0.3) is 0 Å². The third kappa shape index (κ3) is 3.19. The lowest BCUT2D eigenvalue weighted by molar-refractivity contribution is 0.0862. The van der Waals surface area contributed by atoms with Crippen molar-refractivity contribution in [1.29, 1.82) is 0 Å². The van der Waals surface area contributed by atoms with Gasteiger partial charge in [0.1, 0.15) is 0 Å². The minimum atomic E-state index is 0.0797. The summed E-state index contributed by atoms with van der Waals surface area (Å²) in [4.78, 5) is 14.1. The molecule has 0 bridgehead atoms. The Hall–Kier alpha value is -1.09. The fraction of sp³-hybridized carbons (Fsp3) is 0.643. The number of rotatable bonds is 4. The fourth-order valence-corrected chi connectivity index (χ4v) is 2.55. The zero-order valence-corrected chi connectivity index (χ0v) is 10.7. The largest absolute Gasteiger partial charge is 0.461 e. The Balaban J connectivity index is 1.84. The van der Waals surface area contributed by atoms with Gasteiger partial charge < -0.3 is 4.42 Å². The Bertz CT molecular complexity index is 350. The van der Waals surface area contributed by atoms with Crippen LogP contribution in [0.2, 0.25) is 0 Å². The Morgan fingerprint density at radius 3 is 2.71 bits per heavy atom. The second kappa shape index (κ2) is 5.50. The number of carbonyl (C=O) groups is 1. The molecule has 0 atom stereocenters. The van der Waals surface area contributed by atoms with Gasteiger partial charge in [-0.3, -0.25) is 9.69 Å². The highest BCUT2D eigenvalue weighted by Gasteiger charge is 2.23. The SMILES string of the molecule is CC1CCC(N(C)CC(=O)c2ccco2)CC1. The number of furan rings is 1. The first-order chi connectivity index (χ1) is 8.16. The maximum absolute atomic E-state index is 11.9. The molecule has 3 nitrogen and oxygen atoms in total. The molecule has 0 amide bonds. The van der Waals surface area contributed by atoms with Gasteiger partial charge in [0.2, 0.25) is 5.78 Å². The Kier molecular flexibility index (Phi) is 4.00. The van der Waals surface area contributed by atoms with Crippen molar-refractivity contribution in [3.8, 4) is 0 Å². The van der Waals surface area contributed by atoms with Gasteiger partial charge in [0, 0.05) is 6.04 Å². The van der Waals surface area contributed by atoms with Gasteiger partial charge in [-0.1, -0.05) is 6.92 Å². The second-order valence-corrected chi connectivity index (χ2v) is 5.23. The molecule has 0 spiro atoms.